The van der Waals surface area contributed by atoms with Gasteiger partial charge in [-0.25, -0.2) is 4.79 Å². The Morgan fingerprint density at radius 3 is 2.60 bits per heavy atom. The number of urea groups is 1. The van der Waals surface area contributed by atoms with Crippen LogP contribution in [0.1, 0.15) is 12.8 Å². The Balaban J connectivity index is 2.11. The predicted octanol–water partition coefficient (Wildman–Crippen LogP) is 3.80. The van der Waals surface area contributed by atoms with Gasteiger partial charge in [-0.1, -0.05) is 27.5 Å². The molecule has 112 valence electrons. The summed E-state index contributed by atoms with van der Waals surface area (Å²) in [6.45, 7) is 1.62. The minimum atomic E-state index is -0.184. The second kappa shape index (κ2) is 10.1. The molecule has 2 N–H and O–H groups in total. The van der Waals surface area contributed by atoms with E-state index in [9.17, 15) is 4.79 Å². The molecule has 0 aromatic heterocycles. The summed E-state index contributed by atoms with van der Waals surface area (Å²) in [7, 11) is 0. The first-order valence-corrected chi connectivity index (χ1v) is 7.99. The summed E-state index contributed by atoms with van der Waals surface area (Å²) >= 11 is 14.9. The number of carbonyl (C=O) groups is 1. The molecule has 0 saturated heterocycles. The summed E-state index contributed by atoms with van der Waals surface area (Å²) in [6.07, 6.45) is 1.47. The van der Waals surface area contributed by atoms with Crippen LogP contribution in [0.4, 0.5) is 4.79 Å². The average Bonchev–Trinajstić information content (AvgIpc) is 2.41. The highest BCUT2D eigenvalue weighted by atomic mass is 79.9. The fraction of sp³-hybridized carbons (Fsp3) is 0.462. The van der Waals surface area contributed by atoms with Gasteiger partial charge in [0.05, 0.1) is 11.6 Å². The van der Waals surface area contributed by atoms with Crippen LogP contribution in [0.15, 0.2) is 22.7 Å². The smallest absolute Gasteiger partial charge is 0.314 e. The van der Waals surface area contributed by atoms with Crippen molar-refractivity contribution < 1.29 is 9.53 Å². The summed E-state index contributed by atoms with van der Waals surface area (Å²) < 4.78 is 6.44. The number of ether oxygens (including phenoxy) is 1. The van der Waals surface area contributed by atoms with Crippen LogP contribution >= 0.6 is 39.1 Å². The number of alkyl halides is 1. The molecule has 4 nitrogen and oxygen atoms in total. The largest absolute Gasteiger partial charge is 0.492 e. The molecule has 0 unspecified atom stereocenters. The van der Waals surface area contributed by atoms with Crippen molar-refractivity contribution in [1.29, 1.82) is 0 Å². The van der Waals surface area contributed by atoms with E-state index in [0.29, 0.717) is 42.8 Å². The van der Waals surface area contributed by atoms with E-state index < -0.39 is 0 Å². The van der Waals surface area contributed by atoms with Crippen molar-refractivity contribution >= 4 is 45.2 Å². The van der Waals surface area contributed by atoms with Gasteiger partial charge in [-0.2, -0.15) is 0 Å². The predicted molar refractivity (Wildman–Crippen MR) is 86.0 cm³/mol. The molecule has 0 saturated carbocycles. The zero-order chi connectivity index (χ0) is 14.8. The highest BCUT2D eigenvalue weighted by molar-refractivity contribution is 9.10. The number of hydrogen-bond donors (Lipinski definition) is 2. The van der Waals surface area contributed by atoms with Gasteiger partial charge in [0, 0.05) is 23.4 Å². The quantitative estimate of drug-likeness (QED) is 0.529. The van der Waals surface area contributed by atoms with Gasteiger partial charge >= 0.3 is 6.03 Å². The maximum atomic E-state index is 11.3. The average molecular weight is 384 g/mol. The summed E-state index contributed by atoms with van der Waals surface area (Å²) in [5.41, 5.74) is 0. The minimum Gasteiger partial charge on any atom is -0.492 e. The molecule has 20 heavy (non-hydrogen) atoms. The number of carbonyl (C=O) groups excluding carboxylic acids is 1. The van der Waals surface area contributed by atoms with Gasteiger partial charge in [0.15, 0.2) is 0 Å². The van der Waals surface area contributed by atoms with E-state index in [2.05, 4.69) is 26.6 Å². The van der Waals surface area contributed by atoms with Gasteiger partial charge < -0.3 is 15.4 Å². The van der Waals surface area contributed by atoms with E-state index >= 15 is 0 Å². The Hall–Kier alpha value is -0.650. The van der Waals surface area contributed by atoms with Gasteiger partial charge in [0.1, 0.15) is 5.75 Å². The standard InChI is InChI=1S/C13H17BrCl2N2O2/c14-10-3-4-12(11(16)9-10)20-8-2-7-18-13(19)17-6-1-5-15/h3-4,9H,1-2,5-8H2,(H2,17,18,19). The summed E-state index contributed by atoms with van der Waals surface area (Å²) in [5.74, 6) is 1.18. The van der Waals surface area contributed by atoms with Crippen LogP contribution in [0.25, 0.3) is 0 Å². The van der Waals surface area contributed by atoms with Crippen molar-refractivity contribution in [2.45, 2.75) is 12.8 Å². The molecule has 0 aliphatic carbocycles. The van der Waals surface area contributed by atoms with Crippen molar-refractivity contribution in [1.82, 2.24) is 10.6 Å². The van der Waals surface area contributed by atoms with Crippen molar-refractivity contribution in [3.8, 4) is 5.75 Å². The molecule has 0 heterocycles. The molecule has 0 atom stereocenters. The molecule has 0 fully saturated rings. The first kappa shape index (κ1) is 17.4. The molecular formula is C13H17BrCl2N2O2. The lowest BCUT2D eigenvalue weighted by Crippen LogP contribution is -2.37. The van der Waals surface area contributed by atoms with Crippen molar-refractivity contribution in [2.24, 2.45) is 0 Å². The molecule has 1 aromatic carbocycles. The van der Waals surface area contributed by atoms with Gasteiger partial charge in [0.2, 0.25) is 0 Å². The summed E-state index contributed by atoms with van der Waals surface area (Å²) in [4.78, 5) is 11.3. The Kier molecular flexibility index (Phi) is 8.82. The van der Waals surface area contributed by atoms with Crippen LogP contribution in [0.5, 0.6) is 5.75 Å². The number of nitrogens with one attached hydrogen (secondary N) is 2. The number of rotatable bonds is 8. The van der Waals surface area contributed by atoms with E-state index in [1.54, 1.807) is 12.1 Å². The molecule has 0 bridgehead atoms. The fourth-order valence-electron chi connectivity index (χ4n) is 1.38. The lowest BCUT2D eigenvalue weighted by Gasteiger charge is -2.09. The lowest BCUT2D eigenvalue weighted by molar-refractivity contribution is 0.239. The highest BCUT2D eigenvalue weighted by Gasteiger charge is 2.02. The second-order valence-electron chi connectivity index (χ2n) is 4.00. The number of halogens is 3. The van der Waals surface area contributed by atoms with E-state index in [1.165, 1.54) is 0 Å². The topological polar surface area (TPSA) is 50.4 Å². The van der Waals surface area contributed by atoms with Crippen LogP contribution in [0, 0.1) is 0 Å². The monoisotopic (exact) mass is 382 g/mol. The molecule has 2 amide bonds. The van der Waals surface area contributed by atoms with Gasteiger partial charge in [-0.3, -0.25) is 0 Å². The second-order valence-corrected chi connectivity index (χ2v) is 5.70. The van der Waals surface area contributed by atoms with Crippen molar-refractivity contribution in [2.75, 3.05) is 25.6 Å². The van der Waals surface area contributed by atoms with Gasteiger partial charge in [-0.05, 0) is 31.0 Å². The SMILES string of the molecule is O=C(NCCCCl)NCCCOc1ccc(Br)cc1Cl. The molecule has 1 aromatic rings. The van der Waals surface area contributed by atoms with E-state index in [-0.39, 0.29) is 6.03 Å². The van der Waals surface area contributed by atoms with Crippen LogP contribution < -0.4 is 15.4 Å². The number of hydrogen-bond acceptors (Lipinski definition) is 2. The first-order valence-electron chi connectivity index (χ1n) is 6.29. The Morgan fingerprint density at radius 1 is 1.25 bits per heavy atom. The van der Waals surface area contributed by atoms with Crippen LogP contribution in [-0.2, 0) is 0 Å². The first-order chi connectivity index (χ1) is 9.63. The van der Waals surface area contributed by atoms with E-state index in [1.807, 2.05) is 6.07 Å². The Morgan fingerprint density at radius 2 is 1.95 bits per heavy atom. The number of amides is 2. The third-order valence-corrected chi connectivity index (χ3v) is 3.41. The Bertz CT molecular complexity index is 433. The van der Waals surface area contributed by atoms with Crippen LogP contribution in [0.2, 0.25) is 5.02 Å². The molecule has 1 rings (SSSR count). The molecule has 0 aliphatic rings. The molecule has 0 aliphatic heterocycles. The third kappa shape index (κ3) is 7.22. The minimum absolute atomic E-state index is 0.184. The molecule has 0 spiro atoms. The molecular weight excluding hydrogens is 367 g/mol. The van der Waals surface area contributed by atoms with Crippen LogP contribution in [-0.4, -0.2) is 31.6 Å². The molecule has 0 radical (unpaired) electrons. The third-order valence-electron chi connectivity index (χ3n) is 2.35. The van der Waals surface area contributed by atoms with Crippen molar-refractivity contribution in [3.63, 3.8) is 0 Å². The fourth-order valence-corrected chi connectivity index (χ4v) is 2.24. The molecule has 7 heteroatoms. The van der Waals surface area contributed by atoms with E-state index in [0.717, 1.165) is 10.9 Å². The normalized spacial score (nSPS) is 10.2. The zero-order valence-electron chi connectivity index (χ0n) is 10.9. The van der Waals surface area contributed by atoms with E-state index in [4.69, 9.17) is 27.9 Å². The maximum Gasteiger partial charge on any atom is 0.314 e. The van der Waals surface area contributed by atoms with Gasteiger partial charge in [-0.15, -0.1) is 11.6 Å². The lowest BCUT2D eigenvalue weighted by atomic mass is 10.3. The Labute approximate surface area is 137 Å². The van der Waals surface area contributed by atoms with Gasteiger partial charge in [0.25, 0.3) is 0 Å². The zero-order valence-corrected chi connectivity index (χ0v) is 14.0. The maximum absolute atomic E-state index is 11.3. The van der Waals surface area contributed by atoms with Crippen molar-refractivity contribution in [3.05, 3.63) is 27.7 Å². The summed E-state index contributed by atoms with van der Waals surface area (Å²) in [5, 5.41) is 6.01. The number of benzene rings is 1. The summed E-state index contributed by atoms with van der Waals surface area (Å²) in [6, 6.07) is 5.26. The van der Waals surface area contributed by atoms with Crippen LogP contribution in [0.3, 0.4) is 0 Å². The highest BCUT2D eigenvalue weighted by Crippen LogP contribution is 2.27.